The first-order chi connectivity index (χ1) is 14.1. The third-order valence-corrected chi connectivity index (χ3v) is 7.61. The van der Waals surface area contributed by atoms with Gasteiger partial charge in [0.1, 0.15) is 11.4 Å². The van der Waals surface area contributed by atoms with Crippen LogP contribution in [0.2, 0.25) is 0 Å². The lowest BCUT2D eigenvalue weighted by Crippen LogP contribution is -2.30. The summed E-state index contributed by atoms with van der Waals surface area (Å²) in [6, 6.07) is 1.89. The highest BCUT2D eigenvalue weighted by atomic mass is 32.2. The molecule has 0 bridgehead atoms. The Morgan fingerprint density at radius 1 is 1.48 bits per heavy atom. The number of amides is 1. The maximum atomic E-state index is 13.5. The van der Waals surface area contributed by atoms with Gasteiger partial charge in [0.05, 0.1) is 29.9 Å². The van der Waals surface area contributed by atoms with E-state index >= 15 is 0 Å². The van der Waals surface area contributed by atoms with E-state index in [0.717, 1.165) is 48.9 Å². The summed E-state index contributed by atoms with van der Waals surface area (Å²) in [4.78, 5) is 32.3. The molecule has 7 nitrogen and oxygen atoms in total. The number of hydrogen-bond acceptors (Lipinski definition) is 7. The summed E-state index contributed by atoms with van der Waals surface area (Å²) in [5.74, 6) is 0.504. The lowest BCUT2D eigenvalue weighted by molar-refractivity contribution is -0.118. The Morgan fingerprint density at radius 2 is 2.34 bits per heavy atom. The van der Waals surface area contributed by atoms with Gasteiger partial charge in [-0.25, -0.2) is 4.98 Å². The highest BCUT2D eigenvalue weighted by Gasteiger charge is 2.26. The van der Waals surface area contributed by atoms with Crippen LogP contribution in [0.1, 0.15) is 36.6 Å². The van der Waals surface area contributed by atoms with E-state index in [1.54, 1.807) is 15.9 Å². The number of carbonyl (C=O) groups excluding carboxylic acids is 1. The first kappa shape index (κ1) is 20.4. The third-order valence-electron chi connectivity index (χ3n) is 5.49. The molecule has 2 aromatic heterocycles. The minimum absolute atomic E-state index is 0.00759. The van der Waals surface area contributed by atoms with E-state index in [0.29, 0.717) is 17.6 Å². The maximum Gasteiger partial charge on any atom is 0.263 e. The first-order valence-electron chi connectivity index (χ1n) is 10.00. The number of aromatic nitrogens is 2. The first-order valence-corrected chi connectivity index (χ1v) is 11.8. The van der Waals surface area contributed by atoms with Gasteiger partial charge in [-0.15, -0.1) is 11.3 Å². The molecule has 1 fully saturated rings. The molecule has 154 valence electrons. The maximum absolute atomic E-state index is 13.5. The van der Waals surface area contributed by atoms with Gasteiger partial charge in [-0.1, -0.05) is 18.7 Å². The summed E-state index contributed by atoms with van der Waals surface area (Å²) in [6.07, 6.45) is 4.96. The molecular weight excluding hydrogens is 408 g/mol. The van der Waals surface area contributed by atoms with Gasteiger partial charge in [0, 0.05) is 11.5 Å². The van der Waals surface area contributed by atoms with Crippen molar-refractivity contribution < 1.29 is 9.53 Å². The monoisotopic (exact) mass is 432 g/mol. The van der Waals surface area contributed by atoms with E-state index in [-0.39, 0.29) is 29.9 Å². The zero-order valence-corrected chi connectivity index (χ0v) is 18.0. The summed E-state index contributed by atoms with van der Waals surface area (Å²) < 4.78 is 7.46. The van der Waals surface area contributed by atoms with Crippen molar-refractivity contribution in [3.05, 3.63) is 20.8 Å². The minimum Gasteiger partial charge on any atom is -0.376 e. The van der Waals surface area contributed by atoms with E-state index < -0.39 is 0 Å². The number of nitrogens with zero attached hydrogens (tertiary/aromatic N) is 3. The molecule has 0 saturated carbocycles. The largest absolute Gasteiger partial charge is 0.376 e. The lowest BCUT2D eigenvalue weighted by atomic mass is 9.89. The third kappa shape index (κ3) is 4.34. The Bertz CT molecular complexity index is 1020. The van der Waals surface area contributed by atoms with E-state index in [1.807, 2.05) is 6.07 Å². The van der Waals surface area contributed by atoms with E-state index in [4.69, 9.17) is 15.0 Å². The van der Waals surface area contributed by atoms with Gasteiger partial charge in [0.15, 0.2) is 5.16 Å². The summed E-state index contributed by atoms with van der Waals surface area (Å²) in [5.41, 5.74) is 1.16. The van der Waals surface area contributed by atoms with Crippen LogP contribution in [-0.2, 0) is 28.9 Å². The predicted octanol–water partition coefficient (Wildman–Crippen LogP) is 2.49. The molecule has 1 N–H and O–H groups in total. The summed E-state index contributed by atoms with van der Waals surface area (Å²) >= 11 is 2.86. The Morgan fingerprint density at radius 3 is 3.10 bits per heavy atom. The molecule has 1 aliphatic heterocycles. The standard InChI is InChI=1S/C20H24N4O3S2/c1-12-4-5-14-15(9-12)29-18-17(14)19(26)24(10-13-3-2-8-27-13)20(23-18)28-11-16(25)22-7-6-21/h12-13H,2-5,7-11H2,1H3,(H,22,25). The van der Waals surface area contributed by atoms with Crippen molar-refractivity contribution in [1.82, 2.24) is 14.9 Å². The van der Waals surface area contributed by atoms with Crippen LogP contribution < -0.4 is 10.9 Å². The van der Waals surface area contributed by atoms with Crippen molar-refractivity contribution in [3.63, 3.8) is 0 Å². The molecule has 2 aromatic rings. The predicted molar refractivity (Wildman–Crippen MR) is 113 cm³/mol. The quantitative estimate of drug-likeness (QED) is 0.428. The number of nitriles is 1. The average molecular weight is 433 g/mol. The SMILES string of the molecule is CC1CCc2c(sc3nc(SCC(=O)NCC#N)n(CC4CCCO4)c(=O)c23)C1. The van der Waals surface area contributed by atoms with Crippen LogP contribution in [0.3, 0.4) is 0 Å². The number of ether oxygens (including phenoxy) is 1. The molecule has 2 unspecified atom stereocenters. The number of fused-ring (bicyclic) bond motifs is 3. The Balaban J connectivity index is 1.70. The van der Waals surface area contributed by atoms with Crippen molar-refractivity contribution >= 4 is 39.2 Å². The van der Waals surface area contributed by atoms with E-state index in [1.165, 1.54) is 22.2 Å². The lowest BCUT2D eigenvalue weighted by Gasteiger charge is -2.18. The van der Waals surface area contributed by atoms with Gasteiger partial charge in [0.25, 0.3) is 5.56 Å². The zero-order valence-electron chi connectivity index (χ0n) is 16.4. The number of nitrogens with one attached hydrogen (secondary N) is 1. The molecule has 9 heteroatoms. The average Bonchev–Trinajstić information content (AvgIpc) is 3.34. The second-order valence-corrected chi connectivity index (χ2v) is 9.73. The normalized spacial score (nSPS) is 21.1. The molecule has 4 rings (SSSR count). The zero-order chi connectivity index (χ0) is 20.4. The fourth-order valence-corrected chi connectivity index (χ4v) is 6.25. The Labute approximate surface area is 177 Å². The van der Waals surface area contributed by atoms with Crippen molar-refractivity contribution in [2.45, 2.75) is 56.8 Å². The smallest absolute Gasteiger partial charge is 0.263 e. The summed E-state index contributed by atoms with van der Waals surface area (Å²) in [5, 5.41) is 12.5. The van der Waals surface area contributed by atoms with Crippen LogP contribution >= 0.6 is 23.1 Å². The summed E-state index contributed by atoms with van der Waals surface area (Å²) in [6.45, 7) is 3.41. The topological polar surface area (TPSA) is 97.0 Å². The fraction of sp³-hybridized carbons (Fsp3) is 0.600. The van der Waals surface area contributed by atoms with Crippen molar-refractivity contribution in [2.75, 3.05) is 18.9 Å². The number of thioether (sulfide) groups is 1. The molecular formula is C20H24N4O3S2. The van der Waals surface area contributed by atoms with Gasteiger partial charge in [-0.2, -0.15) is 5.26 Å². The van der Waals surface area contributed by atoms with Crippen LogP contribution in [-0.4, -0.2) is 40.5 Å². The van der Waals surface area contributed by atoms with Crippen LogP contribution in [0.15, 0.2) is 9.95 Å². The number of hydrogen-bond donors (Lipinski definition) is 1. The van der Waals surface area contributed by atoms with Gasteiger partial charge >= 0.3 is 0 Å². The molecule has 1 saturated heterocycles. The number of aryl methyl sites for hydroxylation is 1. The van der Waals surface area contributed by atoms with E-state index in [9.17, 15) is 9.59 Å². The molecule has 2 atom stereocenters. The number of carbonyl (C=O) groups is 1. The molecule has 3 heterocycles. The van der Waals surface area contributed by atoms with Crippen LogP contribution in [0.5, 0.6) is 0 Å². The van der Waals surface area contributed by atoms with Gasteiger partial charge in [-0.05, 0) is 43.6 Å². The highest BCUT2D eigenvalue weighted by molar-refractivity contribution is 7.99. The van der Waals surface area contributed by atoms with Gasteiger partial charge in [0.2, 0.25) is 5.91 Å². The van der Waals surface area contributed by atoms with Crippen molar-refractivity contribution in [3.8, 4) is 6.07 Å². The van der Waals surface area contributed by atoms with Gasteiger partial charge in [-0.3, -0.25) is 14.2 Å². The second kappa shape index (κ2) is 8.86. The summed E-state index contributed by atoms with van der Waals surface area (Å²) in [7, 11) is 0. The molecule has 2 aliphatic rings. The fourth-order valence-electron chi connectivity index (χ4n) is 3.99. The van der Waals surface area contributed by atoms with Crippen molar-refractivity contribution in [1.29, 1.82) is 5.26 Å². The number of rotatable bonds is 6. The molecule has 0 spiro atoms. The Kier molecular flexibility index (Phi) is 6.23. The van der Waals surface area contributed by atoms with Crippen LogP contribution in [0.25, 0.3) is 10.2 Å². The Hall–Kier alpha value is -1.89. The van der Waals surface area contributed by atoms with Crippen LogP contribution in [0.4, 0.5) is 0 Å². The van der Waals surface area contributed by atoms with Crippen molar-refractivity contribution in [2.24, 2.45) is 5.92 Å². The minimum atomic E-state index is -0.242. The van der Waals surface area contributed by atoms with Crippen LogP contribution in [0, 0.1) is 17.2 Å². The highest BCUT2D eigenvalue weighted by Crippen LogP contribution is 2.36. The molecule has 0 radical (unpaired) electrons. The molecule has 29 heavy (non-hydrogen) atoms. The number of thiophene rings is 1. The molecule has 0 aromatic carbocycles. The van der Waals surface area contributed by atoms with Gasteiger partial charge < -0.3 is 10.1 Å². The second-order valence-electron chi connectivity index (χ2n) is 7.70. The van der Waals surface area contributed by atoms with E-state index in [2.05, 4.69) is 12.2 Å². The molecule has 1 amide bonds. The molecule has 1 aliphatic carbocycles.